The monoisotopic (exact) mass is 370 g/mol. The fourth-order valence-electron chi connectivity index (χ4n) is 1.94. The summed E-state index contributed by atoms with van der Waals surface area (Å²) in [5.41, 5.74) is 0.809. The minimum atomic E-state index is -0.599. The molecule has 4 nitrogen and oxygen atoms in total. The standard InChI is InChI=1S/C19H12Cl2N2O2/c1-2-9-25-18-6-4-3-5-13(18)10-14(12-22)19(24)23-17-8-7-15(20)11-16(17)21/h1,3-8,10-11H,9H2,(H,23,24)/b14-10+. The fourth-order valence-corrected chi connectivity index (χ4v) is 2.39. The maximum atomic E-state index is 12.3. The van der Waals surface area contributed by atoms with Gasteiger partial charge in [-0.1, -0.05) is 47.3 Å². The number of ether oxygens (including phenoxy) is 1. The number of halogens is 2. The van der Waals surface area contributed by atoms with Gasteiger partial charge in [0.2, 0.25) is 0 Å². The molecule has 25 heavy (non-hydrogen) atoms. The number of hydrogen-bond donors (Lipinski definition) is 1. The molecule has 0 bridgehead atoms. The molecule has 0 saturated carbocycles. The van der Waals surface area contributed by atoms with Crippen LogP contribution in [-0.4, -0.2) is 12.5 Å². The molecule has 0 aliphatic rings. The molecule has 0 aliphatic heterocycles. The topological polar surface area (TPSA) is 62.1 Å². The molecule has 0 saturated heterocycles. The van der Waals surface area contributed by atoms with Crippen molar-refractivity contribution in [2.45, 2.75) is 0 Å². The average molecular weight is 371 g/mol. The van der Waals surface area contributed by atoms with Crippen LogP contribution >= 0.6 is 23.2 Å². The molecule has 0 aromatic heterocycles. The van der Waals surface area contributed by atoms with Crippen molar-refractivity contribution in [3.63, 3.8) is 0 Å². The summed E-state index contributed by atoms with van der Waals surface area (Å²) in [4.78, 5) is 12.3. The Hall–Kier alpha value is -2.92. The Morgan fingerprint density at radius 3 is 2.72 bits per heavy atom. The number of nitrogens with zero attached hydrogens (tertiary/aromatic N) is 1. The second-order valence-corrected chi connectivity index (χ2v) is 5.62. The zero-order valence-electron chi connectivity index (χ0n) is 12.9. The first-order chi connectivity index (χ1) is 12.0. The van der Waals surface area contributed by atoms with E-state index < -0.39 is 5.91 Å². The van der Waals surface area contributed by atoms with Crippen LogP contribution in [0.4, 0.5) is 5.69 Å². The van der Waals surface area contributed by atoms with E-state index in [1.807, 2.05) is 6.07 Å². The van der Waals surface area contributed by atoms with E-state index in [-0.39, 0.29) is 17.2 Å². The van der Waals surface area contributed by atoms with Crippen molar-refractivity contribution >= 4 is 40.9 Å². The Morgan fingerprint density at radius 2 is 2.04 bits per heavy atom. The van der Waals surface area contributed by atoms with Gasteiger partial charge in [-0.2, -0.15) is 5.26 Å². The summed E-state index contributed by atoms with van der Waals surface area (Å²) in [7, 11) is 0. The number of carbonyl (C=O) groups is 1. The highest BCUT2D eigenvalue weighted by Crippen LogP contribution is 2.26. The Labute approximate surface area is 155 Å². The van der Waals surface area contributed by atoms with E-state index >= 15 is 0 Å². The maximum absolute atomic E-state index is 12.3. The van der Waals surface area contributed by atoms with Crippen LogP contribution in [0.3, 0.4) is 0 Å². The number of hydrogen-bond acceptors (Lipinski definition) is 3. The van der Waals surface area contributed by atoms with Crippen molar-refractivity contribution in [2.75, 3.05) is 11.9 Å². The van der Waals surface area contributed by atoms with Crippen LogP contribution in [0.5, 0.6) is 5.75 Å². The molecule has 0 heterocycles. The van der Waals surface area contributed by atoms with Crippen molar-refractivity contribution in [2.24, 2.45) is 0 Å². The Kier molecular flexibility index (Phi) is 6.48. The molecule has 124 valence electrons. The van der Waals surface area contributed by atoms with Gasteiger partial charge < -0.3 is 10.1 Å². The third-order valence-electron chi connectivity index (χ3n) is 3.07. The Morgan fingerprint density at radius 1 is 1.28 bits per heavy atom. The number of rotatable bonds is 5. The van der Waals surface area contributed by atoms with Gasteiger partial charge in [-0.25, -0.2) is 0 Å². The summed E-state index contributed by atoms with van der Waals surface area (Å²) in [6.07, 6.45) is 6.61. The van der Waals surface area contributed by atoms with Gasteiger partial charge in [0.25, 0.3) is 5.91 Å². The lowest BCUT2D eigenvalue weighted by atomic mass is 10.1. The zero-order valence-corrected chi connectivity index (χ0v) is 14.4. The smallest absolute Gasteiger partial charge is 0.266 e. The van der Waals surface area contributed by atoms with E-state index in [0.29, 0.717) is 22.0 Å². The number of nitrogens with one attached hydrogen (secondary N) is 1. The SMILES string of the molecule is C#CCOc1ccccc1/C=C(\C#N)C(=O)Nc1ccc(Cl)cc1Cl. The number of amides is 1. The molecule has 1 N–H and O–H groups in total. The van der Waals surface area contributed by atoms with E-state index in [2.05, 4.69) is 11.2 Å². The van der Waals surface area contributed by atoms with Crippen LogP contribution in [0.25, 0.3) is 6.08 Å². The quantitative estimate of drug-likeness (QED) is 0.477. The summed E-state index contributed by atoms with van der Waals surface area (Å²) in [5, 5.41) is 12.6. The van der Waals surface area contributed by atoms with E-state index in [1.165, 1.54) is 12.1 Å². The predicted octanol–water partition coefficient (Wildman–Crippen LogP) is 4.55. The molecule has 0 unspecified atom stereocenters. The van der Waals surface area contributed by atoms with Gasteiger partial charge >= 0.3 is 0 Å². The normalized spacial score (nSPS) is 10.5. The minimum Gasteiger partial charge on any atom is -0.480 e. The van der Waals surface area contributed by atoms with Gasteiger partial charge in [0, 0.05) is 10.6 Å². The van der Waals surface area contributed by atoms with Gasteiger partial charge in [0.1, 0.15) is 24.0 Å². The molecule has 2 rings (SSSR count). The largest absolute Gasteiger partial charge is 0.480 e. The van der Waals surface area contributed by atoms with E-state index in [4.69, 9.17) is 34.4 Å². The van der Waals surface area contributed by atoms with Crippen LogP contribution in [0.2, 0.25) is 10.0 Å². The number of terminal acetylenes is 1. The number of benzene rings is 2. The number of nitriles is 1. The second-order valence-electron chi connectivity index (χ2n) is 4.78. The van der Waals surface area contributed by atoms with Gasteiger partial charge in [-0.15, -0.1) is 6.42 Å². The summed E-state index contributed by atoms with van der Waals surface area (Å²) in [5.74, 6) is 2.24. The van der Waals surface area contributed by atoms with E-state index in [9.17, 15) is 10.1 Å². The van der Waals surface area contributed by atoms with Crippen molar-refractivity contribution in [3.8, 4) is 24.2 Å². The number of anilines is 1. The third-order valence-corrected chi connectivity index (χ3v) is 3.62. The summed E-state index contributed by atoms with van der Waals surface area (Å²) < 4.78 is 5.40. The predicted molar refractivity (Wildman–Crippen MR) is 99.5 cm³/mol. The molecular weight excluding hydrogens is 359 g/mol. The summed E-state index contributed by atoms with van der Waals surface area (Å²) in [6, 6.07) is 13.5. The van der Waals surface area contributed by atoms with Crippen molar-refractivity contribution in [3.05, 3.63) is 63.6 Å². The molecular formula is C19H12Cl2N2O2. The Bertz CT molecular complexity index is 908. The molecule has 0 aliphatic carbocycles. The lowest BCUT2D eigenvalue weighted by Crippen LogP contribution is -2.13. The van der Waals surface area contributed by atoms with Gasteiger partial charge in [0.05, 0.1) is 10.7 Å². The van der Waals surface area contributed by atoms with Gasteiger partial charge in [0.15, 0.2) is 0 Å². The van der Waals surface area contributed by atoms with Crippen molar-refractivity contribution < 1.29 is 9.53 Å². The molecule has 0 spiro atoms. The second kappa shape index (κ2) is 8.80. The molecule has 0 fully saturated rings. The van der Waals surface area contributed by atoms with Crippen LogP contribution in [0.15, 0.2) is 48.0 Å². The molecule has 1 amide bonds. The third kappa shape index (κ3) is 5.02. The highest BCUT2D eigenvalue weighted by molar-refractivity contribution is 6.36. The first kappa shape index (κ1) is 18.4. The molecule has 2 aromatic rings. The maximum Gasteiger partial charge on any atom is 0.266 e. The van der Waals surface area contributed by atoms with Crippen molar-refractivity contribution in [1.29, 1.82) is 5.26 Å². The highest BCUT2D eigenvalue weighted by Gasteiger charge is 2.13. The van der Waals surface area contributed by atoms with E-state index in [0.717, 1.165) is 0 Å². The van der Waals surface area contributed by atoms with Gasteiger partial charge in [-0.05, 0) is 30.3 Å². The first-order valence-electron chi connectivity index (χ1n) is 7.08. The van der Waals surface area contributed by atoms with E-state index in [1.54, 1.807) is 36.4 Å². The lowest BCUT2D eigenvalue weighted by molar-refractivity contribution is -0.112. The van der Waals surface area contributed by atoms with Crippen LogP contribution in [0, 0.1) is 23.7 Å². The number of carbonyl (C=O) groups excluding carboxylic acids is 1. The lowest BCUT2D eigenvalue weighted by Gasteiger charge is -2.08. The highest BCUT2D eigenvalue weighted by atomic mass is 35.5. The molecule has 6 heteroatoms. The number of para-hydroxylation sites is 1. The Balaban J connectivity index is 2.27. The van der Waals surface area contributed by atoms with Crippen molar-refractivity contribution in [1.82, 2.24) is 0 Å². The molecule has 0 atom stereocenters. The average Bonchev–Trinajstić information content (AvgIpc) is 2.61. The first-order valence-corrected chi connectivity index (χ1v) is 7.84. The molecule has 0 radical (unpaired) electrons. The van der Waals surface area contributed by atoms with Crippen LogP contribution < -0.4 is 10.1 Å². The fraction of sp³-hybridized carbons (Fsp3) is 0.0526. The zero-order chi connectivity index (χ0) is 18.2. The summed E-state index contributed by atoms with van der Waals surface area (Å²) >= 11 is 11.8. The van der Waals surface area contributed by atoms with Crippen LogP contribution in [-0.2, 0) is 4.79 Å². The van der Waals surface area contributed by atoms with Gasteiger partial charge in [-0.3, -0.25) is 4.79 Å². The van der Waals surface area contributed by atoms with Crippen LogP contribution in [0.1, 0.15) is 5.56 Å². The molecule has 2 aromatic carbocycles. The minimum absolute atomic E-state index is 0.0827. The summed E-state index contributed by atoms with van der Waals surface area (Å²) in [6.45, 7) is 0.0827.